The zero-order chi connectivity index (χ0) is 30.3. The Hall–Kier alpha value is -2.11. The van der Waals surface area contributed by atoms with E-state index in [1.165, 1.54) is 11.1 Å². The number of nitrogens with zero attached hydrogens (tertiary/aromatic N) is 2. The fourth-order valence-electron chi connectivity index (χ4n) is 5.31. The third-order valence-corrected chi connectivity index (χ3v) is 8.13. The molecule has 0 saturated heterocycles. The van der Waals surface area contributed by atoms with Crippen molar-refractivity contribution < 1.29 is 27.0 Å². The standard InChI is InChI=1S/C36H54N2O2.Co/c1-33(2,3)25-17-23(31(39)27(19-25)35(7,8)9)21-37-29-15-13-14-16-30(29)38-22-24-18-26(34(4,5)6)20-28(32(24)40)36(10,11)12;/h17-22,29-30,39-40H,13-16H2,1-12H3;/t29-,30?;/m1./s1. The molecule has 0 spiro atoms. The fraction of sp³-hybridized carbons (Fsp3) is 0.611. The van der Waals surface area contributed by atoms with E-state index in [-0.39, 0.29) is 50.5 Å². The van der Waals surface area contributed by atoms with Gasteiger partial charge < -0.3 is 10.2 Å². The van der Waals surface area contributed by atoms with Crippen molar-refractivity contribution in [2.45, 2.75) is 143 Å². The van der Waals surface area contributed by atoms with E-state index in [4.69, 9.17) is 9.98 Å². The van der Waals surface area contributed by atoms with E-state index in [0.29, 0.717) is 11.5 Å². The van der Waals surface area contributed by atoms with Crippen molar-refractivity contribution in [3.8, 4) is 11.5 Å². The van der Waals surface area contributed by atoms with Gasteiger partial charge in [0.2, 0.25) is 0 Å². The average Bonchev–Trinajstić information content (AvgIpc) is 2.80. The topological polar surface area (TPSA) is 65.2 Å². The number of hydrogen-bond acceptors (Lipinski definition) is 4. The smallest absolute Gasteiger partial charge is 0.128 e. The van der Waals surface area contributed by atoms with Gasteiger partial charge in [0.1, 0.15) is 11.5 Å². The van der Waals surface area contributed by atoms with Crippen molar-refractivity contribution in [3.63, 3.8) is 0 Å². The number of benzene rings is 2. The first-order chi connectivity index (χ1) is 18.2. The number of aliphatic imine (C=N–C) groups is 2. The second-order valence-electron chi connectivity index (χ2n) is 15.9. The van der Waals surface area contributed by atoms with Gasteiger partial charge in [0, 0.05) is 51.5 Å². The molecule has 4 nitrogen and oxygen atoms in total. The van der Waals surface area contributed by atoms with E-state index >= 15 is 0 Å². The van der Waals surface area contributed by atoms with Crippen LogP contribution in [0.2, 0.25) is 0 Å². The molecule has 1 fully saturated rings. The van der Waals surface area contributed by atoms with Crippen LogP contribution in [0.15, 0.2) is 34.3 Å². The molecule has 1 aliphatic rings. The summed E-state index contributed by atoms with van der Waals surface area (Å²) < 4.78 is 0. The molecule has 2 aromatic rings. The summed E-state index contributed by atoms with van der Waals surface area (Å²) in [6.45, 7) is 26.0. The second-order valence-corrected chi connectivity index (χ2v) is 15.9. The average molecular weight is 606 g/mol. The summed E-state index contributed by atoms with van der Waals surface area (Å²) in [6, 6.07) is 8.53. The summed E-state index contributed by atoms with van der Waals surface area (Å²) in [5.74, 6) is 0.637. The van der Waals surface area contributed by atoms with Crippen LogP contribution in [0.1, 0.15) is 142 Å². The van der Waals surface area contributed by atoms with Crippen LogP contribution in [0, 0.1) is 0 Å². The molecule has 5 heteroatoms. The van der Waals surface area contributed by atoms with Crippen molar-refractivity contribution >= 4 is 12.4 Å². The number of hydrogen-bond donors (Lipinski definition) is 2. The van der Waals surface area contributed by atoms with Crippen LogP contribution in [0.25, 0.3) is 0 Å². The Labute approximate surface area is 260 Å². The Kier molecular flexibility index (Phi) is 10.8. The van der Waals surface area contributed by atoms with Gasteiger partial charge in [-0.15, -0.1) is 0 Å². The molecule has 1 saturated carbocycles. The zero-order valence-electron chi connectivity index (χ0n) is 27.6. The third kappa shape index (κ3) is 8.70. The number of rotatable bonds is 4. The minimum absolute atomic E-state index is 0. The predicted molar refractivity (Wildman–Crippen MR) is 172 cm³/mol. The van der Waals surface area contributed by atoms with Gasteiger partial charge in [-0.25, -0.2) is 0 Å². The van der Waals surface area contributed by atoms with Crippen molar-refractivity contribution in [1.29, 1.82) is 0 Å². The maximum atomic E-state index is 11.2. The van der Waals surface area contributed by atoms with Crippen molar-refractivity contribution in [3.05, 3.63) is 57.6 Å². The summed E-state index contributed by atoms with van der Waals surface area (Å²) in [5, 5.41) is 22.5. The molecule has 0 aliphatic heterocycles. The largest absolute Gasteiger partial charge is 0.507 e. The normalized spacial score (nSPS) is 19.1. The molecule has 0 amide bonds. The van der Waals surface area contributed by atoms with Crippen molar-refractivity contribution in [2.75, 3.05) is 0 Å². The summed E-state index contributed by atoms with van der Waals surface area (Å²) in [7, 11) is 0. The molecule has 1 aliphatic carbocycles. The van der Waals surface area contributed by atoms with Crippen molar-refractivity contribution in [2.24, 2.45) is 9.98 Å². The van der Waals surface area contributed by atoms with Gasteiger partial charge in [-0.2, -0.15) is 0 Å². The molecule has 3 rings (SSSR count). The van der Waals surface area contributed by atoms with E-state index in [0.717, 1.165) is 47.9 Å². The van der Waals surface area contributed by atoms with Gasteiger partial charge in [-0.1, -0.05) is 108 Å². The van der Waals surface area contributed by atoms with E-state index < -0.39 is 0 Å². The van der Waals surface area contributed by atoms with Crippen LogP contribution in [0.3, 0.4) is 0 Å². The Balaban J connectivity index is 0.00000588. The van der Waals surface area contributed by atoms with E-state index in [1.807, 2.05) is 12.4 Å². The summed E-state index contributed by atoms with van der Waals surface area (Å²) in [6.07, 6.45) is 7.90. The van der Waals surface area contributed by atoms with Crippen LogP contribution < -0.4 is 0 Å². The van der Waals surface area contributed by atoms with Crippen LogP contribution in [-0.4, -0.2) is 34.7 Å². The maximum absolute atomic E-state index is 11.2. The van der Waals surface area contributed by atoms with Gasteiger partial charge in [-0.3, -0.25) is 9.98 Å². The van der Waals surface area contributed by atoms with E-state index in [1.54, 1.807) is 0 Å². The van der Waals surface area contributed by atoms with E-state index in [2.05, 4.69) is 107 Å². The molecule has 2 N–H and O–H groups in total. The molecule has 1 unspecified atom stereocenters. The first-order valence-corrected chi connectivity index (χ1v) is 15.0. The van der Waals surface area contributed by atoms with Crippen LogP contribution >= 0.6 is 0 Å². The van der Waals surface area contributed by atoms with Crippen LogP contribution in [0.4, 0.5) is 0 Å². The quantitative estimate of drug-likeness (QED) is 0.342. The number of aromatic hydroxyl groups is 2. The first-order valence-electron chi connectivity index (χ1n) is 15.0. The summed E-state index contributed by atoms with van der Waals surface area (Å²) in [4.78, 5) is 10.1. The fourth-order valence-corrected chi connectivity index (χ4v) is 5.31. The summed E-state index contributed by atoms with van der Waals surface area (Å²) >= 11 is 0. The maximum Gasteiger partial charge on any atom is 0.128 e. The third-order valence-electron chi connectivity index (χ3n) is 8.13. The molecule has 0 bridgehead atoms. The SMILES string of the molecule is CC(C)(C)c1cc(C=NC2CCCC[C@H]2N=Cc2cc(C(C)(C)C)cc(C(C)(C)C)c2O)c(O)c(C(C)(C)C)c1.[Co]. The Morgan fingerprint density at radius 2 is 0.878 bits per heavy atom. The molecule has 229 valence electrons. The van der Waals surface area contributed by atoms with Gasteiger partial charge in [0.25, 0.3) is 0 Å². The van der Waals surface area contributed by atoms with Gasteiger partial charge in [-0.05, 0) is 57.8 Å². The summed E-state index contributed by atoms with van der Waals surface area (Å²) in [5.41, 5.74) is 5.39. The zero-order valence-corrected chi connectivity index (χ0v) is 28.6. The molecule has 1 radical (unpaired) electrons. The molecule has 0 aromatic heterocycles. The molecule has 2 aromatic carbocycles. The van der Waals surface area contributed by atoms with Crippen molar-refractivity contribution in [1.82, 2.24) is 0 Å². The first kappa shape index (κ1) is 35.1. The number of phenolic OH excluding ortho intramolecular Hbond substituents is 2. The van der Waals surface area contributed by atoms with E-state index in [9.17, 15) is 10.2 Å². The Bertz CT molecular complexity index is 1170. The monoisotopic (exact) mass is 605 g/mol. The minimum Gasteiger partial charge on any atom is -0.507 e. The van der Waals surface area contributed by atoms with Gasteiger partial charge in [0.05, 0.1) is 12.1 Å². The van der Waals surface area contributed by atoms with Crippen LogP contribution in [-0.2, 0) is 38.4 Å². The molecule has 2 atom stereocenters. The minimum atomic E-state index is -0.179. The Morgan fingerprint density at radius 3 is 1.15 bits per heavy atom. The Morgan fingerprint density at radius 1 is 0.561 bits per heavy atom. The predicted octanol–water partition coefficient (Wildman–Crippen LogP) is 9.13. The molecular formula is C36H54CoN2O2. The van der Waals surface area contributed by atoms with Gasteiger partial charge in [0.15, 0.2) is 0 Å². The molecule has 0 heterocycles. The number of phenols is 2. The molecule has 41 heavy (non-hydrogen) atoms. The molecular weight excluding hydrogens is 551 g/mol. The second kappa shape index (κ2) is 12.6. The van der Waals surface area contributed by atoms with Gasteiger partial charge >= 0.3 is 0 Å². The van der Waals surface area contributed by atoms with Crippen LogP contribution in [0.5, 0.6) is 11.5 Å².